The summed E-state index contributed by atoms with van der Waals surface area (Å²) in [6.45, 7) is 2.10. The number of aliphatic hydroxyl groups excluding tert-OH is 1. The Morgan fingerprint density at radius 3 is 3.15 bits per heavy atom. The van der Waals surface area contributed by atoms with E-state index in [0.717, 1.165) is 16.9 Å². The molecule has 0 aliphatic rings. The lowest BCUT2D eigenvalue weighted by atomic mass is 10.3. The summed E-state index contributed by atoms with van der Waals surface area (Å²) in [5.41, 5.74) is 2.75. The summed E-state index contributed by atoms with van der Waals surface area (Å²) < 4.78 is 0. The highest BCUT2D eigenvalue weighted by atomic mass is 16.3. The Labute approximate surface area is 75.7 Å². The number of pyridine rings is 1. The van der Waals surface area contributed by atoms with Crippen molar-refractivity contribution in [1.29, 1.82) is 0 Å². The second kappa shape index (κ2) is 3.14. The molecule has 0 aliphatic carbocycles. The average Bonchev–Trinajstić information content (AvgIpc) is 2.46. The Bertz CT molecular complexity index is 422. The van der Waals surface area contributed by atoms with Gasteiger partial charge in [0.25, 0.3) is 0 Å². The molecular formula is C9H11N3O. The van der Waals surface area contributed by atoms with E-state index >= 15 is 0 Å². The maximum absolute atomic E-state index is 8.72. The standard InChI is InChI=1S/C9H11N3O/c1-6-4-7-9(10-5-6)12-8(11-7)2-3-13/h4-5,13H,2-3H2,1H3,(H,10,11,12). The summed E-state index contributed by atoms with van der Waals surface area (Å²) in [4.78, 5) is 11.5. The molecular weight excluding hydrogens is 166 g/mol. The molecule has 0 aliphatic heterocycles. The molecule has 0 amide bonds. The number of aliphatic hydroxyl groups is 1. The van der Waals surface area contributed by atoms with Gasteiger partial charge in [0.05, 0.1) is 12.1 Å². The second-order valence-corrected chi connectivity index (χ2v) is 3.04. The van der Waals surface area contributed by atoms with E-state index in [-0.39, 0.29) is 6.61 Å². The summed E-state index contributed by atoms with van der Waals surface area (Å²) in [7, 11) is 0. The molecule has 4 nitrogen and oxygen atoms in total. The van der Waals surface area contributed by atoms with Crippen molar-refractivity contribution < 1.29 is 5.11 Å². The summed E-state index contributed by atoms with van der Waals surface area (Å²) in [5.74, 6) is 0.788. The van der Waals surface area contributed by atoms with Crippen molar-refractivity contribution in [3.8, 4) is 0 Å². The van der Waals surface area contributed by atoms with Crippen LogP contribution in [0.25, 0.3) is 11.2 Å². The molecule has 68 valence electrons. The molecule has 0 fully saturated rings. The van der Waals surface area contributed by atoms with Crippen molar-refractivity contribution in [3.05, 3.63) is 23.7 Å². The topological polar surface area (TPSA) is 61.8 Å². The minimum Gasteiger partial charge on any atom is -0.396 e. The Hall–Kier alpha value is -1.42. The van der Waals surface area contributed by atoms with Crippen LogP contribution in [0, 0.1) is 6.92 Å². The van der Waals surface area contributed by atoms with E-state index < -0.39 is 0 Å². The number of nitrogens with one attached hydrogen (secondary N) is 1. The molecule has 0 atom stereocenters. The van der Waals surface area contributed by atoms with Gasteiger partial charge < -0.3 is 10.1 Å². The largest absolute Gasteiger partial charge is 0.396 e. The van der Waals surface area contributed by atoms with E-state index in [9.17, 15) is 0 Å². The number of aromatic nitrogens is 3. The Morgan fingerprint density at radius 1 is 1.54 bits per heavy atom. The first-order valence-electron chi connectivity index (χ1n) is 4.21. The fourth-order valence-electron chi connectivity index (χ4n) is 1.28. The van der Waals surface area contributed by atoms with Crippen LogP contribution >= 0.6 is 0 Å². The molecule has 0 saturated carbocycles. The van der Waals surface area contributed by atoms with Gasteiger partial charge in [-0.15, -0.1) is 0 Å². The van der Waals surface area contributed by atoms with E-state index in [0.29, 0.717) is 12.1 Å². The molecule has 0 radical (unpaired) electrons. The van der Waals surface area contributed by atoms with Crippen LogP contribution in [0.2, 0.25) is 0 Å². The predicted molar refractivity (Wildman–Crippen MR) is 49.4 cm³/mol. The van der Waals surface area contributed by atoms with Crippen LogP contribution in [0.4, 0.5) is 0 Å². The quantitative estimate of drug-likeness (QED) is 0.713. The van der Waals surface area contributed by atoms with Crippen molar-refractivity contribution >= 4 is 11.2 Å². The fraction of sp³-hybridized carbons (Fsp3) is 0.333. The third-order valence-corrected chi connectivity index (χ3v) is 1.87. The summed E-state index contributed by atoms with van der Waals surface area (Å²) in [6, 6.07) is 2.00. The third-order valence-electron chi connectivity index (χ3n) is 1.87. The first-order chi connectivity index (χ1) is 6.29. The molecule has 2 aromatic heterocycles. The van der Waals surface area contributed by atoms with Crippen LogP contribution in [0.3, 0.4) is 0 Å². The Balaban J connectivity index is 2.49. The Kier molecular flexibility index (Phi) is 1.98. The number of hydrogen-bond donors (Lipinski definition) is 2. The average molecular weight is 177 g/mol. The van der Waals surface area contributed by atoms with Gasteiger partial charge in [-0.3, -0.25) is 0 Å². The third kappa shape index (κ3) is 1.53. The summed E-state index contributed by atoms with van der Waals surface area (Å²) in [5, 5.41) is 8.72. The van der Waals surface area contributed by atoms with Gasteiger partial charge in [-0.05, 0) is 18.6 Å². The highest BCUT2D eigenvalue weighted by Crippen LogP contribution is 2.10. The lowest BCUT2D eigenvalue weighted by Gasteiger charge is -1.88. The number of imidazole rings is 1. The molecule has 2 rings (SSSR count). The number of aromatic amines is 1. The molecule has 13 heavy (non-hydrogen) atoms. The Morgan fingerprint density at radius 2 is 2.38 bits per heavy atom. The van der Waals surface area contributed by atoms with Gasteiger partial charge in [0.1, 0.15) is 5.82 Å². The molecule has 0 saturated heterocycles. The van der Waals surface area contributed by atoms with Gasteiger partial charge in [0, 0.05) is 12.6 Å². The number of H-pyrrole nitrogens is 1. The van der Waals surface area contributed by atoms with Gasteiger partial charge in [-0.25, -0.2) is 9.97 Å². The molecule has 0 unspecified atom stereocenters. The number of nitrogens with zero attached hydrogens (tertiary/aromatic N) is 2. The highest BCUT2D eigenvalue weighted by molar-refractivity contribution is 5.70. The smallest absolute Gasteiger partial charge is 0.177 e. The first kappa shape index (κ1) is 8.19. The van der Waals surface area contributed by atoms with Crippen LogP contribution in [0.1, 0.15) is 11.4 Å². The van der Waals surface area contributed by atoms with E-state index in [1.807, 2.05) is 13.0 Å². The van der Waals surface area contributed by atoms with E-state index in [4.69, 9.17) is 5.11 Å². The van der Waals surface area contributed by atoms with E-state index in [2.05, 4.69) is 15.0 Å². The summed E-state index contributed by atoms with van der Waals surface area (Å²) in [6.07, 6.45) is 2.33. The van der Waals surface area contributed by atoms with Crippen molar-refractivity contribution in [2.45, 2.75) is 13.3 Å². The van der Waals surface area contributed by atoms with Crippen molar-refractivity contribution in [2.75, 3.05) is 6.61 Å². The molecule has 2 aromatic rings. The normalized spacial score (nSPS) is 10.9. The van der Waals surface area contributed by atoms with Crippen LogP contribution in [-0.2, 0) is 6.42 Å². The number of hydrogen-bond acceptors (Lipinski definition) is 3. The van der Waals surface area contributed by atoms with Gasteiger partial charge in [-0.1, -0.05) is 0 Å². The first-order valence-corrected chi connectivity index (χ1v) is 4.21. The van der Waals surface area contributed by atoms with Crippen molar-refractivity contribution in [1.82, 2.24) is 15.0 Å². The zero-order chi connectivity index (χ0) is 9.26. The lowest BCUT2D eigenvalue weighted by Crippen LogP contribution is -1.91. The monoisotopic (exact) mass is 177 g/mol. The van der Waals surface area contributed by atoms with Gasteiger partial charge in [-0.2, -0.15) is 0 Å². The minimum absolute atomic E-state index is 0.110. The molecule has 0 spiro atoms. The van der Waals surface area contributed by atoms with Crippen molar-refractivity contribution in [2.24, 2.45) is 0 Å². The number of aryl methyl sites for hydroxylation is 1. The van der Waals surface area contributed by atoms with Crippen LogP contribution in [-0.4, -0.2) is 26.7 Å². The van der Waals surface area contributed by atoms with Crippen molar-refractivity contribution in [3.63, 3.8) is 0 Å². The molecule has 0 aromatic carbocycles. The summed E-state index contributed by atoms with van der Waals surface area (Å²) >= 11 is 0. The zero-order valence-electron chi connectivity index (χ0n) is 7.41. The van der Waals surface area contributed by atoms with Gasteiger partial charge in [0.15, 0.2) is 5.65 Å². The maximum atomic E-state index is 8.72. The predicted octanol–water partition coefficient (Wildman–Crippen LogP) is 0.801. The van der Waals surface area contributed by atoms with Gasteiger partial charge in [0.2, 0.25) is 0 Å². The van der Waals surface area contributed by atoms with Crippen LogP contribution < -0.4 is 0 Å². The van der Waals surface area contributed by atoms with Gasteiger partial charge >= 0.3 is 0 Å². The lowest BCUT2D eigenvalue weighted by molar-refractivity contribution is 0.297. The molecule has 0 bridgehead atoms. The second-order valence-electron chi connectivity index (χ2n) is 3.04. The SMILES string of the molecule is Cc1cnc2nc(CCO)[nH]c2c1. The zero-order valence-corrected chi connectivity index (χ0v) is 7.41. The maximum Gasteiger partial charge on any atom is 0.177 e. The fourth-order valence-corrected chi connectivity index (χ4v) is 1.28. The highest BCUT2D eigenvalue weighted by Gasteiger charge is 2.02. The van der Waals surface area contributed by atoms with Crippen LogP contribution in [0.15, 0.2) is 12.3 Å². The van der Waals surface area contributed by atoms with E-state index in [1.165, 1.54) is 0 Å². The molecule has 4 heteroatoms. The van der Waals surface area contributed by atoms with E-state index in [1.54, 1.807) is 6.20 Å². The molecule has 2 heterocycles. The molecule has 2 N–H and O–H groups in total. The van der Waals surface area contributed by atoms with Crippen LogP contribution in [0.5, 0.6) is 0 Å². The number of rotatable bonds is 2. The minimum atomic E-state index is 0.110. The number of fused-ring (bicyclic) bond motifs is 1.